The minimum Gasteiger partial charge on any atom is -0.317 e. The van der Waals surface area contributed by atoms with Gasteiger partial charge in [0.15, 0.2) is 0 Å². The van der Waals surface area contributed by atoms with Crippen LogP contribution in [-0.2, 0) is 0 Å². The van der Waals surface area contributed by atoms with E-state index in [1.807, 2.05) is 50.4 Å². The van der Waals surface area contributed by atoms with Gasteiger partial charge in [0, 0.05) is 27.3 Å². The van der Waals surface area contributed by atoms with Crippen LogP contribution in [0, 0.1) is 0 Å². The third kappa shape index (κ3) is 2.64. The van der Waals surface area contributed by atoms with Gasteiger partial charge in [-0.05, 0) is 6.92 Å². The normalized spacial score (nSPS) is 11.1. The second-order valence-electron chi connectivity index (χ2n) is 1.90. The molecule has 0 N–H and O–H groups in total. The smallest absolute Gasteiger partial charge is 0.0227 e. The lowest BCUT2D eigenvalue weighted by atomic mass is 10.7. The van der Waals surface area contributed by atoms with Gasteiger partial charge in [-0.2, -0.15) is 0 Å². The van der Waals surface area contributed by atoms with Crippen LogP contribution >= 0.6 is 0 Å². The Balaban J connectivity index is 3.47. The Kier molecular flexibility index (Phi) is 3.28. The van der Waals surface area contributed by atoms with Crippen molar-refractivity contribution in [1.82, 2.24) is 10.0 Å². The van der Waals surface area contributed by atoms with E-state index in [4.69, 9.17) is 0 Å². The summed E-state index contributed by atoms with van der Waals surface area (Å²) >= 11 is 0. The maximum atomic E-state index is 2.00. The summed E-state index contributed by atoms with van der Waals surface area (Å²) in [5.41, 5.74) is 0. The average molecular weight is 114 g/mol. The van der Waals surface area contributed by atoms with Gasteiger partial charge < -0.3 is 5.01 Å². The van der Waals surface area contributed by atoms with E-state index in [1.165, 1.54) is 0 Å². The van der Waals surface area contributed by atoms with Crippen LogP contribution in [0.25, 0.3) is 0 Å². The number of hydrogen-bond donors (Lipinski definition) is 0. The number of hydrazine groups is 1. The summed E-state index contributed by atoms with van der Waals surface area (Å²) in [4.78, 5) is 0. The van der Waals surface area contributed by atoms with Crippen LogP contribution in [0.3, 0.4) is 0 Å². The van der Waals surface area contributed by atoms with Crippen LogP contribution < -0.4 is 0 Å². The third-order valence-corrected chi connectivity index (χ3v) is 0.996. The first-order chi connectivity index (χ1) is 3.68. The molecule has 0 radical (unpaired) electrons. The van der Waals surface area contributed by atoms with Gasteiger partial charge in [-0.25, -0.2) is 5.01 Å². The zero-order chi connectivity index (χ0) is 6.57. The first kappa shape index (κ1) is 7.50. The highest BCUT2D eigenvalue weighted by Crippen LogP contribution is 1.84. The molecule has 0 aliphatic heterocycles. The van der Waals surface area contributed by atoms with Crippen LogP contribution in [0.1, 0.15) is 6.92 Å². The SMILES string of the molecule is CC=CN(C)N(C)C. The zero-order valence-electron chi connectivity index (χ0n) is 6.05. The fraction of sp³-hybridized carbons (Fsp3) is 0.667. The molecule has 0 aliphatic rings. The van der Waals surface area contributed by atoms with Gasteiger partial charge in [0.1, 0.15) is 0 Å². The fourth-order valence-corrected chi connectivity index (χ4v) is 0.349. The summed E-state index contributed by atoms with van der Waals surface area (Å²) in [6, 6.07) is 0. The van der Waals surface area contributed by atoms with Crippen molar-refractivity contribution < 1.29 is 0 Å². The molecule has 0 saturated carbocycles. The zero-order valence-corrected chi connectivity index (χ0v) is 6.05. The van der Waals surface area contributed by atoms with E-state index in [0.29, 0.717) is 0 Å². The molecule has 0 atom stereocenters. The molecule has 0 saturated heterocycles. The molecular weight excluding hydrogens is 100 g/mol. The summed E-state index contributed by atoms with van der Waals surface area (Å²) in [7, 11) is 6.00. The van der Waals surface area contributed by atoms with Crippen LogP contribution in [0.4, 0.5) is 0 Å². The molecule has 2 heteroatoms. The Morgan fingerprint density at radius 3 is 1.75 bits per heavy atom. The Hall–Kier alpha value is -0.500. The highest BCUT2D eigenvalue weighted by atomic mass is 15.6. The van der Waals surface area contributed by atoms with E-state index in [9.17, 15) is 0 Å². The lowest BCUT2D eigenvalue weighted by Crippen LogP contribution is -2.27. The van der Waals surface area contributed by atoms with Crippen molar-refractivity contribution in [3.63, 3.8) is 0 Å². The van der Waals surface area contributed by atoms with Crippen molar-refractivity contribution in [1.29, 1.82) is 0 Å². The van der Waals surface area contributed by atoms with Gasteiger partial charge in [0.2, 0.25) is 0 Å². The molecule has 2 nitrogen and oxygen atoms in total. The number of nitrogens with zero attached hydrogens (tertiary/aromatic N) is 2. The molecule has 48 valence electrons. The Bertz CT molecular complexity index is 76.6. The van der Waals surface area contributed by atoms with Crippen molar-refractivity contribution in [3.8, 4) is 0 Å². The molecule has 0 heterocycles. The van der Waals surface area contributed by atoms with Crippen LogP contribution in [0.5, 0.6) is 0 Å². The molecule has 0 aromatic carbocycles. The molecule has 0 aromatic heterocycles. The molecule has 0 aliphatic carbocycles. The van der Waals surface area contributed by atoms with Crippen molar-refractivity contribution in [2.24, 2.45) is 0 Å². The summed E-state index contributed by atoms with van der Waals surface area (Å²) in [6.45, 7) is 2.00. The van der Waals surface area contributed by atoms with Crippen molar-refractivity contribution in [2.75, 3.05) is 21.1 Å². The van der Waals surface area contributed by atoms with Gasteiger partial charge in [0.05, 0.1) is 0 Å². The van der Waals surface area contributed by atoms with Gasteiger partial charge in [-0.3, -0.25) is 0 Å². The Morgan fingerprint density at radius 2 is 1.62 bits per heavy atom. The highest BCUT2D eigenvalue weighted by molar-refractivity contribution is 4.72. The molecule has 0 fully saturated rings. The van der Waals surface area contributed by atoms with E-state index in [-0.39, 0.29) is 0 Å². The largest absolute Gasteiger partial charge is 0.317 e. The van der Waals surface area contributed by atoms with Crippen molar-refractivity contribution in [3.05, 3.63) is 12.3 Å². The summed E-state index contributed by atoms with van der Waals surface area (Å²) in [5, 5.41) is 4.00. The van der Waals surface area contributed by atoms with Crippen molar-refractivity contribution in [2.45, 2.75) is 6.92 Å². The molecule has 0 spiro atoms. The summed E-state index contributed by atoms with van der Waals surface area (Å²) in [6.07, 6.45) is 4.00. The first-order valence-electron chi connectivity index (χ1n) is 2.71. The topological polar surface area (TPSA) is 6.48 Å². The Labute approximate surface area is 51.4 Å². The van der Waals surface area contributed by atoms with Crippen LogP contribution in [0.2, 0.25) is 0 Å². The average Bonchev–Trinajstić information content (AvgIpc) is 1.67. The van der Waals surface area contributed by atoms with E-state index in [1.54, 1.807) is 0 Å². The second kappa shape index (κ2) is 3.50. The molecule has 0 rings (SSSR count). The van der Waals surface area contributed by atoms with Gasteiger partial charge >= 0.3 is 0 Å². The minimum absolute atomic E-state index is 2.00. The van der Waals surface area contributed by atoms with Gasteiger partial charge in [0.25, 0.3) is 0 Å². The third-order valence-electron chi connectivity index (χ3n) is 0.996. The molecule has 0 bridgehead atoms. The molecule has 0 aromatic rings. The fourth-order valence-electron chi connectivity index (χ4n) is 0.349. The maximum absolute atomic E-state index is 2.00. The van der Waals surface area contributed by atoms with E-state index in [2.05, 4.69) is 0 Å². The van der Waals surface area contributed by atoms with E-state index in [0.717, 1.165) is 0 Å². The predicted molar refractivity (Wildman–Crippen MR) is 36.3 cm³/mol. The number of rotatable bonds is 2. The van der Waals surface area contributed by atoms with E-state index < -0.39 is 0 Å². The molecule has 0 amide bonds. The van der Waals surface area contributed by atoms with Crippen LogP contribution in [0.15, 0.2) is 12.3 Å². The predicted octanol–water partition coefficient (Wildman–Crippen LogP) is 0.928. The highest BCUT2D eigenvalue weighted by Gasteiger charge is 1.87. The summed E-state index contributed by atoms with van der Waals surface area (Å²) in [5.74, 6) is 0. The van der Waals surface area contributed by atoms with E-state index >= 15 is 0 Å². The first-order valence-corrected chi connectivity index (χ1v) is 2.71. The van der Waals surface area contributed by atoms with Crippen molar-refractivity contribution >= 4 is 0 Å². The second-order valence-corrected chi connectivity index (χ2v) is 1.90. The standard InChI is InChI=1S/C6H14N2/c1-5-6-8(4)7(2)3/h5-6H,1-4H3. The molecular formula is C6H14N2. The number of hydrogen-bond acceptors (Lipinski definition) is 2. The number of allylic oxidation sites excluding steroid dienone is 1. The lowest BCUT2D eigenvalue weighted by molar-refractivity contribution is 0.116. The maximum Gasteiger partial charge on any atom is 0.0227 e. The molecule has 0 unspecified atom stereocenters. The molecule has 8 heavy (non-hydrogen) atoms. The quantitative estimate of drug-likeness (QED) is 0.493. The van der Waals surface area contributed by atoms with Gasteiger partial charge in [-0.1, -0.05) is 6.08 Å². The monoisotopic (exact) mass is 114 g/mol. The van der Waals surface area contributed by atoms with Crippen LogP contribution in [-0.4, -0.2) is 31.2 Å². The lowest BCUT2D eigenvalue weighted by Gasteiger charge is -2.21. The Morgan fingerprint density at radius 1 is 1.12 bits per heavy atom. The van der Waals surface area contributed by atoms with Gasteiger partial charge in [-0.15, -0.1) is 0 Å². The minimum atomic E-state index is 2.00. The summed E-state index contributed by atoms with van der Waals surface area (Å²) < 4.78 is 0.